The fourth-order valence-corrected chi connectivity index (χ4v) is 3.13. The van der Waals surface area contributed by atoms with Gasteiger partial charge < -0.3 is 14.8 Å². The molecule has 0 unspecified atom stereocenters. The molecule has 1 N–H and O–H groups in total. The number of hydrogen-bond acceptors (Lipinski definition) is 7. The lowest BCUT2D eigenvalue weighted by Gasteiger charge is -2.11. The summed E-state index contributed by atoms with van der Waals surface area (Å²) in [6.07, 6.45) is 0. The Kier molecular flexibility index (Phi) is 7.34. The van der Waals surface area contributed by atoms with Gasteiger partial charge in [-0.1, -0.05) is 36.4 Å². The number of nitro benzene ring substituents is 1. The second-order valence-electron chi connectivity index (χ2n) is 6.70. The van der Waals surface area contributed by atoms with Gasteiger partial charge in [-0.25, -0.2) is 4.79 Å². The SMILES string of the molecule is CCOc1ccc(NC(=O)COC(=O)c2ccccc2-c2ccccc2C#N)c([N+](=O)[O-])c1. The van der Waals surface area contributed by atoms with Crippen LogP contribution in [0, 0.1) is 21.4 Å². The van der Waals surface area contributed by atoms with Crippen LogP contribution in [0.4, 0.5) is 11.4 Å². The maximum absolute atomic E-state index is 12.7. The minimum atomic E-state index is -0.769. The number of nitro groups is 1. The van der Waals surface area contributed by atoms with Gasteiger partial charge in [-0.15, -0.1) is 0 Å². The van der Waals surface area contributed by atoms with Gasteiger partial charge in [-0.3, -0.25) is 14.9 Å². The molecule has 3 rings (SSSR count). The summed E-state index contributed by atoms with van der Waals surface area (Å²) in [5.74, 6) is -1.22. The highest BCUT2D eigenvalue weighted by Gasteiger charge is 2.20. The number of hydrogen-bond donors (Lipinski definition) is 1. The molecule has 0 aliphatic rings. The van der Waals surface area contributed by atoms with E-state index in [-0.39, 0.29) is 16.9 Å². The number of ether oxygens (including phenoxy) is 2. The predicted molar refractivity (Wildman–Crippen MR) is 120 cm³/mol. The molecule has 0 heterocycles. The van der Waals surface area contributed by atoms with Crippen LogP contribution in [-0.4, -0.2) is 30.0 Å². The number of carbonyl (C=O) groups is 2. The molecule has 1 amide bonds. The molecular weight excluding hydrogens is 426 g/mol. The van der Waals surface area contributed by atoms with Gasteiger partial charge in [-0.2, -0.15) is 5.26 Å². The average Bonchev–Trinajstić information content (AvgIpc) is 2.83. The van der Waals surface area contributed by atoms with Crippen LogP contribution in [0.5, 0.6) is 5.75 Å². The van der Waals surface area contributed by atoms with Crippen molar-refractivity contribution in [3.8, 4) is 22.9 Å². The monoisotopic (exact) mass is 445 g/mol. The quantitative estimate of drug-likeness (QED) is 0.310. The molecule has 0 bridgehead atoms. The van der Waals surface area contributed by atoms with Crippen molar-refractivity contribution in [2.24, 2.45) is 0 Å². The van der Waals surface area contributed by atoms with Gasteiger partial charge in [0.05, 0.1) is 34.8 Å². The Morgan fingerprint density at radius 2 is 1.76 bits per heavy atom. The summed E-state index contributed by atoms with van der Waals surface area (Å²) in [4.78, 5) is 35.7. The first-order valence-corrected chi connectivity index (χ1v) is 9.91. The number of nitriles is 1. The van der Waals surface area contributed by atoms with E-state index in [1.807, 2.05) is 0 Å². The van der Waals surface area contributed by atoms with Crippen molar-refractivity contribution in [3.05, 3.63) is 88.0 Å². The Morgan fingerprint density at radius 1 is 1.06 bits per heavy atom. The van der Waals surface area contributed by atoms with E-state index in [1.165, 1.54) is 24.3 Å². The van der Waals surface area contributed by atoms with Crippen LogP contribution >= 0.6 is 0 Å². The highest BCUT2D eigenvalue weighted by atomic mass is 16.6. The first kappa shape index (κ1) is 23.0. The molecule has 9 heteroatoms. The standard InChI is InChI=1S/C24H19N3O6/c1-2-32-17-11-12-21(22(13-17)27(30)31)26-23(28)15-33-24(29)20-10-6-5-9-19(20)18-8-4-3-7-16(18)14-25/h3-13H,2,15H2,1H3,(H,26,28). The minimum Gasteiger partial charge on any atom is -0.494 e. The average molecular weight is 445 g/mol. The van der Waals surface area contributed by atoms with Crippen molar-refractivity contribution in [1.82, 2.24) is 0 Å². The van der Waals surface area contributed by atoms with Crippen LogP contribution in [0.25, 0.3) is 11.1 Å². The summed E-state index contributed by atoms with van der Waals surface area (Å²) in [6, 6.07) is 19.5. The van der Waals surface area contributed by atoms with Crippen molar-refractivity contribution in [3.63, 3.8) is 0 Å². The zero-order valence-corrected chi connectivity index (χ0v) is 17.6. The van der Waals surface area contributed by atoms with E-state index < -0.39 is 23.4 Å². The smallest absolute Gasteiger partial charge is 0.339 e. The van der Waals surface area contributed by atoms with Crippen molar-refractivity contribution < 1.29 is 24.0 Å². The zero-order valence-electron chi connectivity index (χ0n) is 17.6. The summed E-state index contributed by atoms with van der Waals surface area (Å²) in [6.45, 7) is 1.42. The number of amides is 1. The van der Waals surface area contributed by atoms with E-state index in [1.54, 1.807) is 49.4 Å². The lowest BCUT2D eigenvalue weighted by molar-refractivity contribution is -0.384. The summed E-state index contributed by atoms with van der Waals surface area (Å²) in [7, 11) is 0. The van der Waals surface area contributed by atoms with E-state index in [4.69, 9.17) is 9.47 Å². The summed E-state index contributed by atoms with van der Waals surface area (Å²) < 4.78 is 10.4. The minimum absolute atomic E-state index is 0.0483. The highest BCUT2D eigenvalue weighted by Crippen LogP contribution is 2.30. The Morgan fingerprint density at radius 3 is 2.45 bits per heavy atom. The van der Waals surface area contributed by atoms with E-state index in [9.17, 15) is 25.0 Å². The highest BCUT2D eigenvalue weighted by molar-refractivity contribution is 6.00. The lowest BCUT2D eigenvalue weighted by atomic mass is 9.96. The van der Waals surface area contributed by atoms with Crippen molar-refractivity contribution in [2.45, 2.75) is 6.92 Å². The normalized spacial score (nSPS) is 10.1. The maximum atomic E-state index is 12.7. The van der Waals surface area contributed by atoms with Crippen LogP contribution in [0.15, 0.2) is 66.7 Å². The molecule has 9 nitrogen and oxygen atoms in total. The third kappa shape index (κ3) is 5.51. The Bertz CT molecular complexity index is 1250. The van der Waals surface area contributed by atoms with Gasteiger partial charge in [0.15, 0.2) is 6.61 Å². The topological polar surface area (TPSA) is 132 Å². The van der Waals surface area contributed by atoms with E-state index in [0.717, 1.165) is 0 Å². The van der Waals surface area contributed by atoms with Crippen molar-refractivity contribution in [2.75, 3.05) is 18.5 Å². The molecule has 33 heavy (non-hydrogen) atoms. The second kappa shape index (κ2) is 10.5. The molecule has 0 saturated heterocycles. The van der Waals surface area contributed by atoms with E-state index in [2.05, 4.69) is 11.4 Å². The van der Waals surface area contributed by atoms with Gasteiger partial charge in [0.25, 0.3) is 11.6 Å². The molecule has 0 radical (unpaired) electrons. The first-order valence-electron chi connectivity index (χ1n) is 9.91. The van der Waals surface area contributed by atoms with E-state index in [0.29, 0.717) is 29.0 Å². The summed E-state index contributed by atoms with van der Waals surface area (Å²) in [5.41, 5.74) is 1.22. The van der Waals surface area contributed by atoms with Gasteiger partial charge in [0.1, 0.15) is 11.4 Å². The number of esters is 1. The Balaban J connectivity index is 1.73. The lowest BCUT2D eigenvalue weighted by Crippen LogP contribution is -2.21. The largest absolute Gasteiger partial charge is 0.494 e. The van der Waals surface area contributed by atoms with E-state index >= 15 is 0 Å². The van der Waals surface area contributed by atoms with Gasteiger partial charge in [0, 0.05) is 5.56 Å². The van der Waals surface area contributed by atoms with Crippen LogP contribution < -0.4 is 10.1 Å². The Hall–Kier alpha value is -4.71. The van der Waals surface area contributed by atoms with Gasteiger partial charge >= 0.3 is 5.97 Å². The van der Waals surface area contributed by atoms with Crippen molar-refractivity contribution in [1.29, 1.82) is 5.26 Å². The van der Waals surface area contributed by atoms with Crippen LogP contribution in [0.2, 0.25) is 0 Å². The number of nitrogens with zero attached hydrogens (tertiary/aromatic N) is 2. The molecule has 3 aromatic carbocycles. The van der Waals surface area contributed by atoms with Crippen molar-refractivity contribution >= 4 is 23.3 Å². The second-order valence-corrected chi connectivity index (χ2v) is 6.70. The van der Waals surface area contributed by atoms with Crippen LogP contribution in [0.3, 0.4) is 0 Å². The number of anilines is 1. The third-order valence-electron chi connectivity index (χ3n) is 4.57. The molecule has 3 aromatic rings. The number of rotatable bonds is 8. The number of carbonyl (C=O) groups excluding carboxylic acids is 2. The molecule has 0 saturated carbocycles. The first-order chi connectivity index (χ1) is 15.9. The number of nitrogens with one attached hydrogen (secondary N) is 1. The molecule has 0 atom stereocenters. The maximum Gasteiger partial charge on any atom is 0.339 e. The molecule has 0 aliphatic heterocycles. The molecular formula is C24H19N3O6. The molecule has 0 fully saturated rings. The summed E-state index contributed by atoms with van der Waals surface area (Å²) in [5, 5.41) is 23.1. The number of benzene rings is 3. The fourth-order valence-electron chi connectivity index (χ4n) is 3.13. The zero-order chi connectivity index (χ0) is 23.8. The molecule has 0 aromatic heterocycles. The van der Waals surface area contributed by atoms with Gasteiger partial charge in [0.2, 0.25) is 0 Å². The molecule has 0 aliphatic carbocycles. The summed E-state index contributed by atoms with van der Waals surface area (Å²) >= 11 is 0. The molecule has 0 spiro atoms. The van der Waals surface area contributed by atoms with Crippen LogP contribution in [-0.2, 0) is 9.53 Å². The fraction of sp³-hybridized carbons (Fsp3) is 0.125. The predicted octanol–water partition coefficient (Wildman–Crippen LogP) is 4.33. The van der Waals surface area contributed by atoms with Crippen LogP contribution in [0.1, 0.15) is 22.8 Å². The Labute approximate surface area is 189 Å². The van der Waals surface area contributed by atoms with Gasteiger partial charge in [-0.05, 0) is 36.8 Å². The third-order valence-corrected chi connectivity index (χ3v) is 4.57. The molecule has 166 valence electrons.